The molecule has 0 bridgehead atoms. The predicted octanol–water partition coefficient (Wildman–Crippen LogP) is -0.0818. The maximum Gasteiger partial charge on any atom is 0.242 e. The van der Waals surface area contributed by atoms with Crippen molar-refractivity contribution in [1.82, 2.24) is 9.80 Å². The molecule has 1 fully saturated rings. The number of piperazine rings is 1. The van der Waals surface area contributed by atoms with E-state index in [0.717, 1.165) is 6.54 Å². The van der Waals surface area contributed by atoms with E-state index in [2.05, 4.69) is 4.90 Å². The van der Waals surface area contributed by atoms with Crippen molar-refractivity contribution in [2.45, 2.75) is 38.9 Å². The summed E-state index contributed by atoms with van der Waals surface area (Å²) in [6.07, 6.45) is 0. The van der Waals surface area contributed by atoms with Crippen molar-refractivity contribution in [3.05, 3.63) is 0 Å². The van der Waals surface area contributed by atoms with Crippen LogP contribution in [0.4, 0.5) is 0 Å². The monoisotopic (exact) mass is 200 g/mol. The molecule has 2 atom stereocenters. The van der Waals surface area contributed by atoms with Gasteiger partial charge in [-0.05, 0) is 20.8 Å². The van der Waals surface area contributed by atoms with Crippen LogP contribution in [0.5, 0.6) is 0 Å². The Balaban J connectivity index is 2.82. The quantitative estimate of drug-likeness (QED) is 0.678. The Kier molecular flexibility index (Phi) is 3.50. The number of aliphatic hydroxyl groups excluding tert-OH is 1. The summed E-state index contributed by atoms with van der Waals surface area (Å²) in [6.45, 7) is 6.88. The van der Waals surface area contributed by atoms with Crippen molar-refractivity contribution in [2.24, 2.45) is 0 Å². The lowest BCUT2D eigenvalue weighted by atomic mass is 10.1. The Morgan fingerprint density at radius 1 is 1.57 bits per heavy atom. The molecule has 82 valence electrons. The summed E-state index contributed by atoms with van der Waals surface area (Å²) in [5.41, 5.74) is 0. The lowest BCUT2D eigenvalue weighted by molar-refractivity contribution is -0.146. The molecule has 1 heterocycles. The topological polar surface area (TPSA) is 43.8 Å². The van der Waals surface area contributed by atoms with Gasteiger partial charge in [-0.2, -0.15) is 0 Å². The highest BCUT2D eigenvalue weighted by Crippen LogP contribution is 2.17. The number of amides is 1. The van der Waals surface area contributed by atoms with E-state index >= 15 is 0 Å². The first-order valence-electron chi connectivity index (χ1n) is 5.12. The molecule has 14 heavy (non-hydrogen) atoms. The van der Waals surface area contributed by atoms with Crippen LogP contribution < -0.4 is 0 Å². The molecule has 1 saturated heterocycles. The maximum atomic E-state index is 11.8. The van der Waals surface area contributed by atoms with Crippen LogP contribution in [0.1, 0.15) is 20.8 Å². The SMILES string of the molecule is CC1CN(C(C)C)C(CO)C(=O)N1C. The summed E-state index contributed by atoms with van der Waals surface area (Å²) < 4.78 is 0. The molecule has 0 spiro atoms. The van der Waals surface area contributed by atoms with E-state index in [9.17, 15) is 9.90 Å². The lowest BCUT2D eigenvalue weighted by Crippen LogP contribution is -2.62. The van der Waals surface area contributed by atoms with Crippen molar-refractivity contribution < 1.29 is 9.90 Å². The maximum absolute atomic E-state index is 11.8. The molecule has 0 aromatic rings. The molecule has 1 aliphatic heterocycles. The zero-order valence-corrected chi connectivity index (χ0v) is 9.40. The number of rotatable bonds is 2. The third-order valence-corrected chi connectivity index (χ3v) is 3.01. The largest absolute Gasteiger partial charge is 0.394 e. The third kappa shape index (κ3) is 1.91. The average Bonchev–Trinajstić information content (AvgIpc) is 2.13. The first-order valence-corrected chi connectivity index (χ1v) is 5.12. The number of hydrogen-bond donors (Lipinski definition) is 1. The van der Waals surface area contributed by atoms with Crippen LogP contribution in [0.15, 0.2) is 0 Å². The van der Waals surface area contributed by atoms with Crippen molar-refractivity contribution in [3.8, 4) is 0 Å². The number of nitrogens with zero attached hydrogens (tertiary/aromatic N) is 2. The highest BCUT2D eigenvalue weighted by molar-refractivity contribution is 5.83. The standard InChI is InChI=1S/C10H20N2O2/c1-7(2)12-5-8(3)11(4)10(14)9(12)6-13/h7-9,13H,5-6H2,1-4H3. The van der Waals surface area contributed by atoms with Gasteiger partial charge in [0.1, 0.15) is 6.04 Å². The van der Waals surface area contributed by atoms with E-state index < -0.39 is 0 Å². The number of carbonyl (C=O) groups is 1. The predicted molar refractivity (Wildman–Crippen MR) is 54.9 cm³/mol. The molecule has 0 saturated carbocycles. The molecule has 4 nitrogen and oxygen atoms in total. The van der Waals surface area contributed by atoms with Gasteiger partial charge in [0.05, 0.1) is 6.61 Å². The summed E-state index contributed by atoms with van der Waals surface area (Å²) in [5.74, 6) is 0.0277. The van der Waals surface area contributed by atoms with Crippen LogP contribution in [0, 0.1) is 0 Å². The fourth-order valence-electron chi connectivity index (χ4n) is 1.90. The van der Waals surface area contributed by atoms with Gasteiger partial charge in [0.2, 0.25) is 5.91 Å². The molecule has 1 N–H and O–H groups in total. The molecule has 1 amide bonds. The minimum absolute atomic E-state index is 0.0277. The van der Waals surface area contributed by atoms with Gasteiger partial charge in [-0.1, -0.05) is 0 Å². The van der Waals surface area contributed by atoms with Crippen molar-refractivity contribution in [3.63, 3.8) is 0 Å². The summed E-state index contributed by atoms with van der Waals surface area (Å²) >= 11 is 0. The minimum atomic E-state index is -0.351. The molecule has 0 radical (unpaired) electrons. The van der Waals surface area contributed by atoms with Gasteiger partial charge < -0.3 is 10.0 Å². The van der Waals surface area contributed by atoms with E-state index in [-0.39, 0.29) is 24.6 Å². The first kappa shape index (κ1) is 11.5. The zero-order chi connectivity index (χ0) is 10.9. The van der Waals surface area contributed by atoms with Crippen LogP contribution in [-0.4, -0.2) is 59.1 Å². The average molecular weight is 200 g/mol. The number of hydrogen-bond acceptors (Lipinski definition) is 3. The second-order valence-electron chi connectivity index (χ2n) is 4.29. The molecular weight excluding hydrogens is 180 g/mol. The molecule has 1 rings (SSSR count). The second kappa shape index (κ2) is 4.28. The van der Waals surface area contributed by atoms with E-state index in [0.29, 0.717) is 6.04 Å². The molecule has 0 aromatic heterocycles. The van der Waals surface area contributed by atoms with E-state index in [4.69, 9.17) is 0 Å². The Labute approximate surface area is 85.5 Å². The normalized spacial score (nSPS) is 30.1. The Morgan fingerprint density at radius 3 is 2.57 bits per heavy atom. The molecule has 0 aromatic carbocycles. The highest BCUT2D eigenvalue weighted by Gasteiger charge is 2.37. The molecule has 2 unspecified atom stereocenters. The lowest BCUT2D eigenvalue weighted by Gasteiger charge is -2.44. The van der Waals surface area contributed by atoms with E-state index in [1.165, 1.54) is 0 Å². The third-order valence-electron chi connectivity index (χ3n) is 3.01. The first-order chi connectivity index (χ1) is 6.49. The van der Waals surface area contributed by atoms with Crippen LogP contribution in [-0.2, 0) is 4.79 Å². The van der Waals surface area contributed by atoms with Crippen LogP contribution in [0.25, 0.3) is 0 Å². The fourth-order valence-corrected chi connectivity index (χ4v) is 1.90. The van der Waals surface area contributed by atoms with E-state index in [1.807, 2.05) is 20.8 Å². The van der Waals surface area contributed by atoms with Gasteiger partial charge in [0.15, 0.2) is 0 Å². The molecule has 1 aliphatic rings. The fraction of sp³-hybridized carbons (Fsp3) is 0.900. The summed E-state index contributed by atoms with van der Waals surface area (Å²) in [7, 11) is 1.80. The number of aliphatic hydroxyl groups is 1. The van der Waals surface area contributed by atoms with E-state index in [1.54, 1.807) is 11.9 Å². The number of carbonyl (C=O) groups excluding carboxylic acids is 1. The van der Waals surface area contributed by atoms with Gasteiger partial charge in [-0.3, -0.25) is 9.69 Å². The molecule has 0 aliphatic carbocycles. The summed E-state index contributed by atoms with van der Waals surface area (Å²) in [6, 6.07) is 0.177. The van der Waals surface area contributed by atoms with Crippen LogP contribution >= 0.6 is 0 Å². The van der Waals surface area contributed by atoms with Gasteiger partial charge in [0, 0.05) is 25.7 Å². The van der Waals surface area contributed by atoms with Gasteiger partial charge >= 0.3 is 0 Å². The van der Waals surface area contributed by atoms with Crippen molar-refractivity contribution in [1.29, 1.82) is 0 Å². The zero-order valence-electron chi connectivity index (χ0n) is 9.40. The Morgan fingerprint density at radius 2 is 2.14 bits per heavy atom. The molecule has 4 heteroatoms. The smallest absolute Gasteiger partial charge is 0.242 e. The number of likely N-dealkylation sites (N-methyl/N-ethyl adjacent to an activating group) is 1. The van der Waals surface area contributed by atoms with Crippen molar-refractivity contribution in [2.75, 3.05) is 20.2 Å². The van der Waals surface area contributed by atoms with Crippen LogP contribution in [0.2, 0.25) is 0 Å². The summed E-state index contributed by atoms with van der Waals surface area (Å²) in [5, 5.41) is 9.20. The minimum Gasteiger partial charge on any atom is -0.394 e. The van der Waals surface area contributed by atoms with Gasteiger partial charge in [-0.25, -0.2) is 0 Å². The van der Waals surface area contributed by atoms with Gasteiger partial charge in [-0.15, -0.1) is 0 Å². The Hall–Kier alpha value is -0.610. The summed E-state index contributed by atoms with van der Waals surface area (Å²) in [4.78, 5) is 15.6. The Bertz CT molecular complexity index is 218. The molecular formula is C10H20N2O2. The second-order valence-corrected chi connectivity index (χ2v) is 4.29. The highest BCUT2D eigenvalue weighted by atomic mass is 16.3. The van der Waals surface area contributed by atoms with Gasteiger partial charge in [0.25, 0.3) is 0 Å². The van der Waals surface area contributed by atoms with Crippen LogP contribution in [0.3, 0.4) is 0 Å². The van der Waals surface area contributed by atoms with Crippen molar-refractivity contribution >= 4 is 5.91 Å².